The van der Waals surface area contributed by atoms with E-state index in [4.69, 9.17) is 4.74 Å². The number of aryl methyl sites for hydroxylation is 1. The Bertz CT molecular complexity index is 1240. The van der Waals surface area contributed by atoms with Crippen LogP contribution < -0.4 is 5.32 Å². The minimum atomic E-state index is -1.45. The summed E-state index contributed by atoms with van der Waals surface area (Å²) in [5.41, 5.74) is 4.18. The molecule has 9 heteroatoms. The number of aliphatic carboxylic acids is 1. The highest BCUT2D eigenvalue weighted by Gasteiger charge is 2.30. The number of nitrogens with one attached hydrogen (secondary N) is 1. The average Bonchev–Trinajstić information content (AvgIpc) is 3.12. The van der Waals surface area contributed by atoms with Gasteiger partial charge in [-0.2, -0.15) is 0 Å². The van der Waals surface area contributed by atoms with E-state index in [2.05, 4.69) is 5.32 Å². The number of hydrogen-bond donors (Lipinski definition) is 3. The van der Waals surface area contributed by atoms with Crippen LogP contribution in [0.15, 0.2) is 60.7 Å². The van der Waals surface area contributed by atoms with E-state index in [1.54, 1.807) is 0 Å². The minimum Gasteiger partial charge on any atom is -0.508 e. The van der Waals surface area contributed by atoms with E-state index >= 15 is 0 Å². The molecule has 0 heterocycles. The van der Waals surface area contributed by atoms with Crippen LogP contribution in [0.2, 0.25) is 0 Å². The molecule has 0 fully saturated rings. The van der Waals surface area contributed by atoms with E-state index in [1.807, 2.05) is 48.5 Å². The lowest BCUT2D eigenvalue weighted by molar-refractivity contribution is -0.385. The van der Waals surface area contributed by atoms with E-state index in [9.17, 15) is 29.9 Å². The van der Waals surface area contributed by atoms with Crippen molar-refractivity contribution in [3.8, 4) is 16.9 Å². The Balaban J connectivity index is 1.46. The van der Waals surface area contributed by atoms with E-state index in [1.165, 1.54) is 13.0 Å². The third kappa shape index (κ3) is 4.40. The van der Waals surface area contributed by atoms with Crippen molar-refractivity contribution in [3.63, 3.8) is 0 Å². The Kier molecular flexibility index (Phi) is 6.18. The van der Waals surface area contributed by atoms with Crippen molar-refractivity contribution >= 4 is 17.7 Å². The van der Waals surface area contributed by atoms with Crippen LogP contribution in [0.5, 0.6) is 5.75 Å². The van der Waals surface area contributed by atoms with Crippen LogP contribution >= 0.6 is 0 Å². The van der Waals surface area contributed by atoms with Gasteiger partial charge in [0.05, 0.1) is 4.92 Å². The molecule has 9 nitrogen and oxygen atoms in total. The normalized spacial score (nSPS) is 13.0. The first-order chi connectivity index (χ1) is 16.3. The zero-order valence-corrected chi connectivity index (χ0v) is 18.2. The number of hydrogen-bond acceptors (Lipinski definition) is 6. The molecule has 0 bridgehead atoms. The Morgan fingerprint density at radius 2 is 1.68 bits per heavy atom. The fourth-order valence-corrected chi connectivity index (χ4v) is 4.29. The SMILES string of the molecule is Cc1cc(O)c(CC(NC(=O)OCC2c3ccccc3-c3ccccc32)C(=O)O)cc1[N+](=O)[O-]. The number of ether oxygens (including phenoxy) is 1. The van der Waals surface area contributed by atoms with E-state index in [0.29, 0.717) is 0 Å². The third-order valence-electron chi connectivity index (χ3n) is 5.95. The summed E-state index contributed by atoms with van der Waals surface area (Å²) in [6.45, 7) is 1.47. The standard InChI is InChI=1S/C25H22N2O7/c1-14-10-23(28)15(12-22(14)27(32)33)11-21(24(29)30)26-25(31)34-13-20-18-8-4-2-6-16(18)17-7-3-5-9-19(17)20/h2-10,12,20-21,28H,11,13H2,1H3,(H,26,31)(H,29,30). The van der Waals surface area contributed by atoms with Gasteiger partial charge in [0.1, 0.15) is 18.4 Å². The van der Waals surface area contributed by atoms with E-state index < -0.39 is 23.0 Å². The topological polar surface area (TPSA) is 139 Å². The lowest BCUT2D eigenvalue weighted by Crippen LogP contribution is -2.43. The summed E-state index contributed by atoms with van der Waals surface area (Å²) >= 11 is 0. The van der Waals surface area contributed by atoms with Gasteiger partial charge < -0.3 is 20.3 Å². The summed E-state index contributed by atoms with van der Waals surface area (Å²) in [4.78, 5) is 34.8. The maximum absolute atomic E-state index is 12.5. The number of alkyl carbamates (subject to hydrolysis) is 1. The van der Waals surface area contributed by atoms with Gasteiger partial charge in [-0.15, -0.1) is 0 Å². The molecule has 0 spiro atoms. The van der Waals surface area contributed by atoms with Gasteiger partial charge in [0.25, 0.3) is 5.69 Å². The second kappa shape index (κ2) is 9.22. The van der Waals surface area contributed by atoms with Crippen LogP contribution in [0.25, 0.3) is 11.1 Å². The maximum Gasteiger partial charge on any atom is 0.407 e. The monoisotopic (exact) mass is 462 g/mol. The Morgan fingerprint density at radius 3 is 2.24 bits per heavy atom. The van der Waals surface area contributed by atoms with Crippen LogP contribution in [-0.4, -0.2) is 39.8 Å². The molecule has 34 heavy (non-hydrogen) atoms. The van der Waals surface area contributed by atoms with Gasteiger partial charge in [-0.25, -0.2) is 9.59 Å². The number of carbonyl (C=O) groups excluding carboxylic acids is 1. The fourth-order valence-electron chi connectivity index (χ4n) is 4.29. The van der Waals surface area contributed by atoms with Gasteiger partial charge in [-0.3, -0.25) is 10.1 Å². The molecule has 174 valence electrons. The zero-order chi connectivity index (χ0) is 24.4. The van der Waals surface area contributed by atoms with Crippen molar-refractivity contribution < 1.29 is 29.5 Å². The van der Waals surface area contributed by atoms with E-state index in [0.717, 1.165) is 28.3 Å². The molecule has 3 aromatic carbocycles. The molecule has 0 saturated carbocycles. The van der Waals surface area contributed by atoms with Crippen molar-refractivity contribution in [1.82, 2.24) is 5.32 Å². The largest absolute Gasteiger partial charge is 0.508 e. The number of fused-ring (bicyclic) bond motifs is 3. The highest BCUT2D eigenvalue weighted by molar-refractivity contribution is 5.81. The lowest BCUT2D eigenvalue weighted by atomic mass is 9.98. The molecule has 0 aromatic heterocycles. The first kappa shape index (κ1) is 22.8. The van der Waals surface area contributed by atoms with Gasteiger partial charge in [0.2, 0.25) is 0 Å². The molecule has 1 unspecified atom stereocenters. The molecule has 4 rings (SSSR count). The number of benzene rings is 3. The first-order valence-corrected chi connectivity index (χ1v) is 10.6. The van der Waals surface area contributed by atoms with Crippen LogP contribution in [0.1, 0.15) is 28.2 Å². The molecule has 0 radical (unpaired) electrons. The van der Waals surface area contributed by atoms with Gasteiger partial charge in [0.15, 0.2) is 0 Å². The number of amides is 1. The minimum absolute atomic E-state index is 0.00739. The Labute approximate surface area is 194 Å². The second-order valence-electron chi connectivity index (χ2n) is 8.09. The van der Waals surface area contributed by atoms with Crippen LogP contribution in [0, 0.1) is 17.0 Å². The predicted octanol–water partition coefficient (Wildman–Crippen LogP) is 4.14. The summed E-state index contributed by atoms with van der Waals surface area (Å²) in [7, 11) is 0. The number of aromatic hydroxyl groups is 1. The second-order valence-corrected chi connectivity index (χ2v) is 8.09. The molecule has 1 aliphatic carbocycles. The number of nitro groups is 1. The van der Waals surface area contributed by atoms with Gasteiger partial charge in [-0.05, 0) is 35.2 Å². The Hall–Kier alpha value is -4.40. The molecule has 0 saturated heterocycles. The quantitative estimate of drug-likeness (QED) is 0.354. The average molecular weight is 462 g/mol. The van der Waals surface area contributed by atoms with Gasteiger partial charge in [0, 0.05) is 29.5 Å². The van der Waals surface area contributed by atoms with Gasteiger partial charge >= 0.3 is 12.1 Å². The van der Waals surface area contributed by atoms with Crippen LogP contribution in [0.4, 0.5) is 10.5 Å². The molecular formula is C25H22N2O7. The number of carboxylic acid groups (broad SMARTS) is 1. The first-order valence-electron chi connectivity index (χ1n) is 10.6. The maximum atomic E-state index is 12.5. The molecule has 1 atom stereocenters. The van der Waals surface area contributed by atoms with E-state index in [-0.39, 0.29) is 41.5 Å². The number of carboxylic acids is 1. The molecule has 3 N–H and O–H groups in total. The van der Waals surface area contributed by atoms with Crippen molar-refractivity contribution in [2.45, 2.75) is 25.3 Å². The number of nitrogens with zero attached hydrogens (tertiary/aromatic N) is 1. The smallest absolute Gasteiger partial charge is 0.407 e. The summed E-state index contributed by atoms with van der Waals surface area (Å²) in [5.74, 6) is -1.84. The molecule has 1 amide bonds. The molecule has 3 aromatic rings. The van der Waals surface area contributed by atoms with Crippen LogP contribution in [-0.2, 0) is 16.0 Å². The lowest BCUT2D eigenvalue weighted by Gasteiger charge is -2.18. The van der Waals surface area contributed by atoms with Crippen molar-refractivity contribution in [2.75, 3.05) is 6.61 Å². The zero-order valence-electron chi connectivity index (χ0n) is 18.2. The highest BCUT2D eigenvalue weighted by atomic mass is 16.6. The van der Waals surface area contributed by atoms with Crippen molar-refractivity contribution in [2.24, 2.45) is 0 Å². The predicted molar refractivity (Wildman–Crippen MR) is 123 cm³/mol. The number of phenolic OH excluding ortho intramolecular Hbond substituents is 1. The summed E-state index contributed by atoms with van der Waals surface area (Å²) in [6, 6.07) is 16.5. The Morgan fingerprint density at radius 1 is 1.09 bits per heavy atom. The van der Waals surface area contributed by atoms with Gasteiger partial charge in [-0.1, -0.05) is 48.5 Å². The number of rotatable bonds is 7. The van der Waals surface area contributed by atoms with Crippen LogP contribution in [0.3, 0.4) is 0 Å². The summed E-state index contributed by atoms with van der Waals surface area (Å²) in [6.07, 6.45) is -1.29. The number of nitro benzene ring substituents is 1. The summed E-state index contributed by atoms with van der Waals surface area (Å²) in [5, 5.41) is 33.2. The van der Waals surface area contributed by atoms with Crippen molar-refractivity contribution in [1.29, 1.82) is 0 Å². The van der Waals surface area contributed by atoms with Crippen molar-refractivity contribution in [3.05, 3.63) is 93.0 Å². The fraction of sp³-hybridized carbons (Fsp3) is 0.200. The molecule has 1 aliphatic rings. The molecular weight excluding hydrogens is 440 g/mol. The summed E-state index contributed by atoms with van der Waals surface area (Å²) < 4.78 is 5.39. The highest BCUT2D eigenvalue weighted by Crippen LogP contribution is 2.44. The number of carbonyl (C=O) groups is 2. The number of phenols is 1. The molecule has 0 aliphatic heterocycles. The third-order valence-corrected chi connectivity index (χ3v) is 5.95.